The topological polar surface area (TPSA) is 64.7 Å². The number of benzene rings is 2. The van der Waals surface area contributed by atoms with Crippen LogP contribution in [0.15, 0.2) is 59.6 Å². The molecule has 0 atom stereocenters. The predicted molar refractivity (Wildman–Crippen MR) is 122 cm³/mol. The van der Waals surface area contributed by atoms with E-state index in [4.69, 9.17) is 9.73 Å². The first-order valence-corrected chi connectivity index (χ1v) is 10.8. The molecule has 1 aromatic heterocycles. The molecule has 1 aliphatic heterocycles. The number of aliphatic imine (C=N–C) groups is 1. The number of aromatic amines is 1. The molecular formula is C24H31N5O. The molecule has 4 rings (SSSR count). The highest BCUT2D eigenvalue weighted by Crippen LogP contribution is 2.15. The highest BCUT2D eigenvalue weighted by molar-refractivity contribution is 5.81. The van der Waals surface area contributed by atoms with Crippen LogP contribution in [0, 0.1) is 0 Å². The normalized spacial score (nSPS) is 15.4. The summed E-state index contributed by atoms with van der Waals surface area (Å²) < 4.78 is 5.47. The van der Waals surface area contributed by atoms with Crippen LogP contribution in [0.5, 0.6) is 0 Å². The second kappa shape index (κ2) is 10.3. The molecule has 30 heavy (non-hydrogen) atoms. The molecule has 0 bridgehead atoms. The molecule has 3 N–H and O–H groups in total. The van der Waals surface area contributed by atoms with Gasteiger partial charge in [0.25, 0.3) is 0 Å². The maximum atomic E-state index is 5.47. The molecule has 1 aliphatic rings. The van der Waals surface area contributed by atoms with Gasteiger partial charge in [-0.15, -0.1) is 0 Å². The Labute approximate surface area is 178 Å². The highest BCUT2D eigenvalue weighted by atomic mass is 16.5. The predicted octanol–water partition coefficient (Wildman–Crippen LogP) is 3.26. The molecule has 2 aromatic carbocycles. The zero-order valence-electron chi connectivity index (χ0n) is 17.7. The molecule has 6 heteroatoms. The summed E-state index contributed by atoms with van der Waals surface area (Å²) in [7, 11) is 0. The third-order valence-corrected chi connectivity index (χ3v) is 5.40. The molecule has 0 unspecified atom stereocenters. The Morgan fingerprint density at radius 3 is 2.60 bits per heavy atom. The minimum absolute atomic E-state index is 0.655. The van der Waals surface area contributed by atoms with E-state index in [1.807, 2.05) is 0 Å². The Bertz CT molecular complexity index is 941. The number of aromatic nitrogens is 1. The van der Waals surface area contributed by atoms with E-state index >= 15 is 0 Å². The maximum Gasteiger partial charge on any atom is 0.191 e. The summed E-state index contributed by atoms with van der Waals surface area (Å²) in [5, 5.41) is 8.04. The van der Waals surface area contributed by atoms with Crippen LogP contribution < -0.4 is 10.6 Å². The van der Waals surface area contributed by atoms with Crippen molar-refractivity contribution in [1.29, 1.82) is 0 Å². The van der Waals surface area contributed by atoms with E-state index in [9.17, 15) is 0 Å². The van der Waals surface area contributed by atoms with Gasteiger partial charge < -0.3 is 20.4 Å². The van der Waals surface area contributed by atoms with Gasteiger partial charge in [-0.25, -0.2) is 4.99 Å². The van der Waals surface area contributed by atoms with Crippen LogP contribution in [-0.4, -0.2) is 48.7 Å². The molecule has 1 fully saturated rings. The van der Waals surface area contributed by atoms with E-state index in [2.05, 4.69) is 82.0 Å². The van der Waals surface area contributed by atoms with E-state index in [1.54, 1.807) is 0 Å². The monoisotopic (exact) mass is 405 g/mol. The van der Waals surface area contributed by atoms with E-state index < -0.39 is 0 Å². The number of fused-ring (bicyclic) bond motifs is 1. The number of hydrogen-bond donors (Lipinski definition) is 3. The van der Waals surface area contributed by atoms with Gasteiger partial charge in [-0.3, -0.25) is 4.90 Å². The molecule has 0 aliphatic carbocycles. The zero-order chi connectivity index (χ0) is 20.6. The molecular weight excluding hydrogens is 374 g/mol. The largest absolute Gasteiger partial charge is 0.379 e. The van der Waals surface area contributed by atoms with Crippen molar-refractivity contribution in [3.63, 3.8) is 0 Å². The summed E-state index contributed by atoms with van der Waals surface area (Å²) in [6, 6.07) is 19.1. The van der Waals surface area contributed by atoms with E-state index in [0.717, 1.165) is 56.6 Å². The van der Waals surface area contributed by atoms with Crippen molar-refractivity contribution in [2.75, 3.05) is 32.8 Å². The molecule has 2 heterocycles. The lowest BCUT2D eigenvalue weighted by atomic mass is 10.1. The fraction of sp³-hybridized carbons (Fsp3) is 0.375. The number of para-hydroxylation sites is 1. The third-order valence-electron chi connectivity index (χ3n) is 5.40. The molecule has 0 radical (unpaired) electrons. The molecule has 3 aromatic rings. The van der Waals surface area contributed by atoms with Crippen LogP contribution in [0.25, 0.3) is 10.9 Å². The molecule has 6 nitrogen and oxygen atoms in total. The minimum Gasteiger partial charge on any atom is -0.379 e. The molecule has 1 saturated heterocycles. The van der Waals surface area contributed by atoms with Gasteiger partial charge in [-0.1, -0.05) is 42.5 Å². The average Bonchev–Trinajstić information content (AvgIpc) is 3.20. The van der Waals surface area contributed by atoms with Crippen LogP contribution in [0.3, 0.4) is 0 Å². The van der Waals surface area contributed by atoms with Gasteiger partial charge in [0.15, 0.2) is 5.96 Å². The molecule has 0 amide bonds. The number of nitrogens with one attached hydrogen (secondary N) is 3. The van der Waals surface area contributed by atoms with E-state index in [-0.39, 0.29) is 0 Å². The molecule has 0 saturated carbocycles. The number of ether oxygens (including phenoxy) is 1. The Morgan fingerprint density at radius 1 is 1.03 bits per heavy atom. The minimum atomic E-state index is 0.655. The van der Waals surface area contributed by atoms with Crippen LogP contribution in [0.1, 0.15) is 23.7 Å². The number of H-pyrrole nitrogens is 1. The van der Waals surface area contributed by atoms with Crippen molar-refractivity contribution in [2.24, 2.45) is 4.99 Å². The quantitative estimate of drug-likeness (QED) is 0.417. The van der Waals surface area contributed by atoms with E-state index in [0.29, 0.717) is 13.1 Å². The summed E-state index contributed by atoms with van der Waals surface area (Å²) in [5.41, 5.74) is 4.92. The van der Waals surface area contributed by atoms with Crippen LogP contribution >= 0.6 is 0 Å². The number of morpholine rings is 1. The number of guanidine groups is 1. The number of hydrogen-bond acceptors (Lipinski definition) is 3. The van der Waals surface area contributed by atoms with Crippen LogP contribution in [0.4, 0.5) is 0 Å². The van der Waals surface area contributed by atoms with Gasteiger partial charge in [-0.2, -0.15) is 0 Å². The SMILES string of the molecule is CCNC(=NCc1ccccc1CN1CCOCC1)NCc1cc2ccccc2[nH]1. The standard InChI is InChI=1S/C24H31N5O/c1-2-25-24(27-17-22-15-19-7-5-6-10-23(19)28-22)26-16-20-8-3-4-9-21(20)18-29-11-13-30-14-12-29/h3-10,15,28H,2,11-14,16-18H2,1H3,(H2,25,26,27). The van der Waals surface area contributed by atoms with Gasteiger partial charge in [0.1, 0.15) is 0 Å². The smallest absolute Gasteiger partial charge is 0.191 e. The van der Waals surface area contributed by atoms with Gasteiger partial charge >= 0.3 is 0 Å². The number of rotatable bonds is 7. The van der Waals surface area contributed by atoms with Crippen LogP contribution in [-0.2, 0) is 24.4 Å². The lowest BCUT2D eigenvalue weighted by Gasteiger charge is -2.27. The summed E-state index contributed by atoms with van der Waals surface area (Å²) in [4.78, 5) is 10.8. The van der Waals surface area contributed by atoms with Gasteiger partial charge in [0.2, 0.25) is 0 Å². The van der Waals surface area contributed by atoms with E-state index in [1.165, 1.54) is 16.5 Å². The van der Waals surface area contributed by atoms with Crippen molar-refractivity contribution in [1.82, 2.24) is 20.5 Å². The fourth-order valence-corrected chi connectivity index (χ4v) is 3.78. The molecule has 158 valence electrons. The van der Waals surface area contributed by atoms with Crippen LogP contribution in [0.2, 0.25) is 0 Å². The lowest BCUT2D eigenvalue weighted by Crippen LogP contribution is -2.37. The summed E-state index contributed by atoms with van der Waals surface area (Å²) >= 11 is 0. The summed E-state index contributed by atoms with van der Waals surface area (Å²) in [6.07, 6.45) is 0. The summed E-state index contributed by atoms with van der Waals surface area (Å²) in [6.45, 7) is 8.86. The van der Waals surface area contributed by atoms with Gasteiger partial charge in [-0.05, 0) is 35.6 Å². The average molecular weight is 406 g/mol. The molecule has 0 spiro atoms. The maximum absolute atomic E-state index is 5.47. The zero-order valence-corrected chi connectivity index (χ0v) is 17.7. The first kappa shape index (κ1) is 20.4. The Morgan fingerprint density at radius 2 is 1.80 bits per heavy atom. The number of nitrogens with zero attached hydrogens (tertiary/aromatic N) is 2. The van der Waals surface area contributed by atoms with Crippen molar-refractivity contribution in [3.8, 4) is 0 Å². The van der Waals surface area contributed by atoms with Crippen molar-refractivity contribution in [2.45, 2.75) is 26.6 Å². The Hall–Kier alpha value is -2.83. The van der Waals surface area contributed by atoms with Gasteiger partial charge in [0, 0.05) is 37.4 Å². The summed E-state index contributed by atoms with van der Waals surface area (Å²) in [5.74, 6) is 0.831. The van der Waals surface area contributed by atoms with Crippen molar-refractivity contribution < 1.29 is 4.74 Å². The highest BCUT2D eigenvalue weighted by Gasteiger charge is 2.12. The second-order valence-corrected chi connectivity index (χ2v) is 7.59. The first-order valence-electron chi connectivity index (χ1n) is 10.8. The Kier molecular flexibility index (Phi) is 7.00. The lowest BCUT2D eigenvalue weighted by molar-refractivity contribution is 0.0341. The van der Waals surface area contributed by atoms with Crippen molar-refractivity contribution in [3.05, 3.63) is 71.4 Å². The van der Waals surface area contributed by atoms with Crippen molar-refractivity contribution >= 4 is 16.9 Å². The fourth-order valence-electron chi connectivity index (χ4n) is 3.78. The Balaban J connectivity index is 1.41. The third kappa shape index (κ3) is 5.40. The second-order valence-electron chi connectivity index (χ2n) is 7.59. The van der Waals surface area contributed by atoms with Gasteiger partial charge in [0.05, 0.1) is 26.3 Å². The first-order chi connectivity index (χ1) is 14.8.